The lowest BCUT2D eigenvalue weighted by atomic mass is 9.91. The Labute approximate surface area is 178 Å². The van der Waals surface area contributed by atoms with Crippen molar-refractivity contribution in [2.75, 3.05) is 44.3 Å². The molecule has 2 aliphatic heterocycles. The van der Waals surface area contributed by atoms with E-state index in [4.69, 9.17) is 9.47 Å². The monoisotopic (exact) mass is 402 g/mol. The van der Waals surface area contributed by atoms with E-state index < -0.39 is 0 Å². The van der Waals surface area contributed by atoms with E-state index in [1.807, 2.05) is 0 Å². The molecule has 1 aromatic rings. The van der Waals surface area contributed by atoms with Gasteiger partial charge in [-0.05, 0) is 68.7 Å². The van der Waals surface area contributed by atoms with Gasteiger partial charge in [0.05, 0.1) is 0 Å². The quantitative estimate of drug-likeness (QED) is 0.401. The van der Waals surface area contributed by atoms with Crippen LogP contribution in [-0.4, -0.2) is 45.7 Å². The second kappa shape index (κ2) is 12.6. The molecule has 0 amide bonds. The van der Waals surface area contributed by atoms with Crippen LogP contribution in [0.2, 0.25) is 0 Å². The third-order valence-corrected chi connectivity index (χ3v) is 6.51. The molecule has 3 rings (SSSR count). The zero-order valence-corrected chi connectivity index (χ0v) is 18.7. The molecule has 29 heavy (non-hydrogen) atoms. The third-order valence-electron chi connectivity index (χ3n) is 6.51. The van der Waals surface area contributed by atoms with Crippen LogP contribution in [0.5, 0.6) is 0 Å². The maximum Gasteiger partial charge on any atom is 0.160 e. The van der Waals surface area contributed by atoms with Gasteiger partial charge < -0.3 is 19.7 Å². The Kier molecular flexibility index (Phi) is 9.78. The van der Waals surface area contributed by atoms with E-state index in [9.17, 15) is 0 Å². The number of ether oxygens (including phenoxy) is 2. The molecule has 2 heterocycles. The average molecular weight is 403 g/mol. The highest BCUT2D eigenvalue weighted by Crippen LogP contribution is 2.30. The molecule has 164 valence electrons. The molecule has 0 aromatic heterocycles. The van der Waals surface area contributed by atoms with Crippen molar-refractivity contribution in [2.45, 2.75) is 77.4 Å². The van der Waals surface area contributed by atoms with E-state index in [1.165, 1.54) is 43.5 Å². The molecule has 0 spiro atoms. The number of piperidine rings is 2. The van der Waals surface area contributed by atoms with Gasteiger partial charge in [-0.2, -0.15) is 0 Å². The Morgan fingerprint density at radius 2 is 1.62 bits per heavy atom. The van der Waals surface area contributed by atoms with Crippen LogP contribution in [0.25, 0.3) is 0 Å². The second-order valence-corrected chi connectivity index (χ2v) is 8.78. The van der Waals surface area contributed by atoms with Crippen molar-refractivity contribution in [2.24, 2.45) is 5.92 Å². The number of hydrogen-bond acceptors (Lipinski definition) is 4. The van der Waals surface area contributed by atoms with Gasteiger partial charge in [-0.1, -0.05) is 38.8 Å². The minimum atomic E-state index is -0.0172. The highest BCUT2D eigenvalue weighted by atomic mass is 16.7. The molecule has 0 saturated carbocycles. The Morgan fingerprint density at radius 3 is 2.17 bits per heavy atom. The van der Waals surface area contributed by atoms with Gasteiger partial charge in [0.2, 0.25) is 0 Å². The fourth-order valence-corrected chi connectivity index (χ4v) is 4.53. The van der Waals surface area contributed by atoms with Crippen molar-refractivity contribution in [1.29, 1.82) is 0 Å². The fourth-order valence-electron chi connectivity index (χ4n) is 4.53. The van der Waals surface area contributed by atoms with Gasteiger partial charge in [-0.25, -0.2) is 0 Å². The van der Waals surface area contributed by atoms with Crippen molar-refractivity contribution < 1.29 is 9.47 Å². The summed E-state index contributed by atoms with van der Waals surface area (Å²) in [6.45, 7) is 10.6. The summed E-state index contributed by atoms with van der Waals surface area (Å²) in [6.07, 6.45) is 9.48. The minimum Gasteiger partial charge on any atom is -0.372 e. The number of benzene rings is 1. The molecule has 2 fully saturated rings. The van der Waals surface area contributed by atoms with Crippen molar-refractivity contribution in [3.8, 4) is 0 Å². The Balaban J connectivity index is 1.49. The van der Waals surface area contributed by atoms with Gasteiger partial charge in [0.15, 0.2) is 6.29 Å². The predicted octanol–water partition coefficient (Wildman–Crippen LogP) is 5.33. The van der Waals surface area contributed by atoms with Crippen LogP contribution in [0.15, 0.2) is 24.3 Å². The van der Waals surface area contributed by atoms with E-state index in [0.717, 1.165) is 58.5 Å². The molecular weight excluding hydrogens is 360 g/mol. The topological polar surface area (TPSA) is 33.7 Å². The lowest BCUT2D eigenvalue weighted by Gasteiger charge is -2.37. The Hall–Kier alpha value is -1.10. The van der Waals surface area contributed by atoms with Crippen LogP contribution < -0.4 is 10.2 Å². The molecule has 4 heteroatoms. The van der Waals surface area contributed by atoms with Gasteiger partial charge in [-0.3, -0.25) is 0 Å². The van der Waals surface area contributed by atoms with Crippen LogP contribution in [0, 0.1) is 5.92 Å². The predicted molar refractivity (Wildman–Crippen MR) is 122 cm³/mol. The van der Waals surface area contributed by atoms with Gasteiger partial charge in [0.25, 0.3) is 0 Å². The molecule has 1 aromatic carbocycles. The number of unbranched alkanes of at least 4 members (excludes halogenated alkanes) is 2. The van der Waals surface area contributed by atoms with Crippen LogP contribution in [-0.2, 0) is 9.47 Å². The molecule has 2 saturated heterocycles. The van der Waals surface area contributed by atoms with Crippen LogP contribution >= 0.6 is 0 Å². The number of nitrogens with zero attached hydrogens (tertiary/aromatic N) is 1. The van der Waals surface area contributed by atoms with Crippen LogP contribution in [0.3, 0.4) is 0 Å². The standard InChI is InChI=1S/C25H42N2O2/c1-3-5-18-28-25(29-19-6-4-2)22-13-16-27(17-14-22)24-11-9-21(10-12-24)23-8-7-15-26-20-23/h9-12,22-23,25-26H,3-8,13-20H2,1-2H3/t23-/m0/s1. The van der Waals surface area contributed by atoms with Crippen molar-refractivity contribution in [3.05, 3.63) is 29.8 Å². The zero-order chi connectivity index (χ0) is 20.3. The van der Waals surface area contributed by atoms with E-state index in [-0.39, 0.29) is 6.29 Å². The van der Waals surface area contributed by atoms with Crippen molar-refractivity contribution in [3.63, 3.8) is 0 Å². The van der Waals surface area contributed by atoms with Crippen LogP contribution in [0.1, 0.15) is 76.7 Å². The van der Waals surface area contributed by atoms with E-state index >= 15 is 0 Å². The fraction of sp³-hybridized carbons (Fsp3) is 0.760. The molecule has 1 atom stereocenters. The van der Waals surface area contributed by atoms with Gasteiger partial charge in [-0.15, -0.1) is 0 Å². The van der Waals surface area contributed by atoms with E-state index in [1.54, 1.807) is 0 Å². The summed E-state index contributed by atoms with van der Waals surface area (Å²) in [5.74, 6) is 1.21. The van der Waals surface area contributed by atoms with E-state index in [2.05, 4.69) is 48.3 Å². The second-order valence-electron chi connectivity index (χ2n) is 8.78. The first-order valence-corrected chi connectivity index (χ1v) is 12.1. The summed E-state index contributed by atoms with van der Waals surface area (Å²) in [4.78, 5) is 2.54. The minimum absolute atomic E-state index is 0.0172. The summed E-state index contributed by atoms with van der Waals surface area (Å²) >= 11 is 0. The average Bonchev–Trinajstić information content (AvgIpc) is 2.79. The first-order valence-electron chi connectivity index (χ1n) is 12.1. The molecule has 0 aliphatic carbocycles. The smallest absolute Gasteiger partial charge is 0.160 e. The summed E-state index contributed by atoms with van der Waals surface area (Å²) in [5.41, 5.74) is 2.86. The number of anilines is 1. The van der Waals surface area contributed by atoms with Gasteiger partial charge >= 0.3 is 0 Å². The van der Waals surface area contributed by atoms with E-state index in [0.29, 0.717) is 11.8 Å². The lowest BCUT2D eigenvalue weighted by molar-refractivity contribution is -0.177. The largest absolute Gasteiger partial charge is 0.372 e. The van der Waals surface area contributed by atoms with Gasteiger partial charge in [0, 0.05) is 44.5 Å². The highest BCUT2D eigenvalue weighted by molar-refractivity contribution is 5.48. The summed E-state index contributed by atoms with van der Waals surface area (Å²) in [6, 6.07) is 9.36. The van der Waals surface area contributed by atoms with Crippen LogP contribution in [0.4, 0.5) is 5.69 Å². The zero-order valence-electron chi connectivity index (χ0n) is 18.7. The molecule has 1 N–H and O–H groups in total. The van der Waals surface area contributed by atoms with Crippen molar-refractivity contribution >= 4 is 5.69 Å². The first-order chi connectivity index (χ1) is 14.3. The Bertz CT molecular complexity index is 538. The maximum absolute atomic E-state index is 6.15. The number of rotatable bonds is 11. The highest BCUT2D eigenvalue weighted by Gasteiger charge is 2.28. The number of nitrogens with one attached hydrogen (secondary N) is 1. The Morgan fingerprint density at radius 1 is 0.966 bits per heavy atom. The molecule has 2 aliphatic rings. The SMILES string of the molecule is CCCCOC(OCCCC)C1CCN(c2ccc([C@H]3CCCNC3)cc2)CC1. The lowest BCUT2D eigenvalue weighted by Crippen LogP contribution is -2.40. The normalized spacial score (nSPS) is 21.1. The number of hydrogen-bond donors (Lipinski definition) is 1. The van der Waals surface area contributed by atoms with Gasteiger partial charge in [0.1, 0.15) is 0 Å². The summed E-state index contributed by atoms with van der Waals surface area (Å²) in [5, 5.41) is 3.53. The third kappa shape index (κ3) is 6.97. The molecule has 4 nitrogen and oxygen atoms in total. The molecule has 0 unspecified atom stereocenters. The molecular formula is C25H42N2O2. The maximum atomic E-state index is 6.15. The first kappa shape index (κ1) is 22.6. The molecule has 0 radical (unpaired) electrons. The van der Waals surface area contributed by atoms with Crippen molar-refractivity contribution in [1.82, 2.24) is 5.32 Å². The summed E-state index contributed by atoms with van der Waals surface area (Å²) in [7, 11) is 0. The summed E-state index contributed by atoms with van der Waals surface area (Å²) < 4.78 is 12.3. The molecule has 0 bridgehead atoms.